The Bertz CT molecular complexity index is 616. The molecule has 0 radical (unpaired) electrons. The zero-order valence-electron chi connectivity index (χ0n) is 11.8. The van der Waals surface area contributed by atoms with Crippen molar-refractivity contribution >= 4 is 10.0 Å². The zero-order chi connectivity index (χ0) is 15.6. The van der Waals surface area contributed by atoms with Gasteiger partial charge in [-0.2, -0.15) is 0 Å². The van der Waals surface area contributed by atoms with E-state index in [0.29, 0.717) is 18.4 Å². The van der Waals surface area contributed by atoms with Gasteiger partial charge in [0.25, 0.3) is 0 Å². The maximum absolute atomic E-state index is 13.8. The van der Waals surface area contributed by atoms with Crippen molar-refractivity contribution in [3.63, 3.8) is 0 Å². The van der Waals surface area contributed by atoms with Crippen LogP contribution in [0.2, 0.25) is 0 Å². The van der Waals surface area contributed by atoms with E-state index in [1.165, 1.54) is 0 Å². The molecule has 1 aliphatic rings. The number of benzene rings is 1. The summed E-state index contributed by atoms with van der Waals surface area (Å²) in [7, 11) is -0.915. The van der Waals surface area contributed by atoms with Crippen molar-refractivity contribution in [2.75, 3.05) is 14.2 Å². The summed E-state index contributed by atoms with van der Waals surface area (Å²) in [6.45, 7) is 0.245. The average molecular weight is 320 g/mol. The maximum atomic E-state index is 13.8. The summed E-state index contributed by atoms with van der Waals surface area (Å²) in [5.41, 5.74) is 0.361. The van der Waals surface area contributed by atoms with Gasteiger partial charge in [-0.3, -0.25) is 0 Å². The number of nitrogens with one attached hydrogen (secondary N) is 2. The highest BCUT2D eigenvalue weighted by Gasteiger charge is 2.34. The van der Waals surface area contributed by atoms with Crippen LogP contribution in [0.5, 0.6) is 0 Å². The second kappa shape index (κ2) is 6.35. The molecule has 0 amide bonds. The Labute approximate surface area is 122 Å². The number of ether oxygens (including phenoxy) is 1. The lowest BCUT2D eigenvalue weighted by atomic mass is 9.90. The van der Waals surface area contributed by atoms with Crippen molar-refractivity contribution < 1.29 is 21.9 Å². The molecule has 0 unspecified atom stereocenters. The Kier molecular flexibility index (Phi) is 4.92. The van der Waals surface area contributed by atoms with E-state index in [0.717, 1.165) is 12.1 Å². The van der Waals surface area contributed by atoms with Gasteiger partial charge in [-0.25, -0.2) is 21.9 Å². The third-order valence-corrected chi connectivity index (χ3v) is 4.99. The summed E-state index contributed by atoms with van der Waals surface area (Å²) in [6.07, 6.45) is 1.06. The minimum atomic E-state index is -4.09. The molecule has 1 aromatic carbocycles. The largest absolute Gasteiger partial charge is 0.381 e. The summed E-state index contributed by atoms with van der Waals surface area (Å²) in [5.74, 6) is -2.53. The highest BCUT2D eigenvalue weighted by Crippen LogP contribution is 2.26. The third-order valence-electron chi connectivity index (χ3n) is 3.48. The van der Waals surface area contributed by atoms with Crippen LogP contribution in [-0.4, -0.2) is 34.7 Å². The van der Waals surface area contributed by atoms with Gasteiger partial charge in [0.1, 0.15) is 4.90 Å². The van der Waals surface area contributed by atoms with Crippen LogP contribution in [0.4, 0.5) is 8.78 Å². The van der Waals surface area contributed by atoms with E-state index < -0.39 is 26.6 Å². The lowest BCUT2D eigenvalue weighted by molar-refractivity contribution is 0.0236. The first kappa shape index (κ1) is 16.3. The number of sulfonamides is 1. The van der Waals surface area contributed by atoms with Gasteiger partial charge in [-0.05, 0) is 37.6 Å². The smallest absolute Gasteiger partial charge is 0.243 e. The van der Waals surface area contributed by atoms with Gasteiger partial charge in [0.2, 0.25) is 10.0 Å². The Hall–Kier alpha value is -1.09. The lowest BCUT2D eigenvalue weighted by Gasteiger charge is -2.34. The maximum Gasteiger partial charge on any atom is 0.243 e. The third kappa shape index (κ3) is 3.57. The molecule has 0 aliphatic heterocycles. The molecule has 0 aromatic heterocycles. The van der Waals surface area contributed by atoms with Crippen LogP contribution >= 0.6 is 0 Å². The molecule has 1 aliphatic carbocycles. The molecule has 0 atom stereocenters. The number of rotatable bonds is 6. The van der Waals surface area contributed by atoms with Crippen LogP contribution in [0.25, 0.3) is 0 Å². The predicted molar refractivity (Wildman–Crippen MR) is 73.3 cm³/mol. The van der Waals surface area contributed by atoms with Crippen LogP contribution in [0, 0.1) is 11.6 Å². The fraction of sp³-hybridized carbons (Fsp3) is 0.538. The lowest BCUT2D eigenvalue weighted by Crippen LogP contribution is -2.47. The number of methoxy groups -OCH3 is 1. The Morgan fingerprint density at radius 3 is 2.57 bits per heavy atom. The highest BCUT2D eigenvalue weighted by atomic mass is 32.2. The van der Waals surface area contributed by atoms with Gasteiger partial charge in [-0.1, -0.05) is 0 Å². The molecule has 0 bridgehead atoms. The van der Waals surface area contributed by atoms with Gasteiger partial charge < -0.3 is 10.1 Å². The first-order valence-electron chi connectivity index (χ1n) is 6.55. The van der Waals surface area contributed by atoms with E-state index in [2.05, 4.69) is 10.0 Å². The molecular weight excluding hydrogens is 302 g/mol. The molecule has 8 heteroatoms. The van der Waals surface area contributed by atoms with Gasteiger partial charge in [0.15, 0.2) is 11.6 Å². The van der Waals surface area contributed by atoms with Gasteiger partial charge in [0.05, 0.1) is 6.10 Å². The molecule has 1 saturated carbocycles. The van der Waals surface area contributed by atoms with E-state index in [9.17, 15) is 17.2 Å². The molecule has 0 heterocycles. The summed E-state index contributed by atoms with van der Waals surface area (Å²) in [4.78, 5) is -0.659. The quantitative estimate of drug-likeness (QED) is 0.825. The van der Waals surface area contributed by atoms with Crippen molar-refractivity contribution in [3.8, 4) is 0 Å². The fourth-order valence-electron chi connectivity index (χ4n) is 2.26. The van der Waals surface area contributed by atoms with E-state index in [4.69, 9.17) is 4.74 Å². The van der Waals surface area contributed by atoms with Gasteiger partial charge in [-0.15, -0.1) is 0 Å². The summed E-state index contributed by atoms with van der Waals surface area (Å²) in [5, 5.41) is 2.76. The van der Waals surface area contributed by atoms with Crippen molar-refractivity contribution in [3.05, 3.63) is 29.3 Å². The van der Waals surface area contributed by atoms with Crippen molar-refractivity contribution in [1.82, 2.24) is 10.0 Å². The van der Waals surface area contributed by atoms with Crippen molar-refractivity contribution in [2.24, 2.45) is 0 Å². The Morgan fingerprint density at radius 2 is 2.00 bits per heavy atom. The minimum absolute atomic E-state index is 0.00917. The SMILES string of the molecule is CNCc1cc(F)c(F)c(S(=O)(=O)NC2CC(OC)C2)c1. The van der Waals surface area contributed by atoms with Crippen LogP contribution < -0.4 is 10.0 Å². The molecule has 1 fully saturated rings. The Balaban J connectivity index is 2.23. The summed E-state index contributed by atoms with van der Waals surface area (Å²) < 4.78 is 59.1. The summed E-state index contributed by atoms with van der Waals surface area (Å²) in [6, 6.07) is 1.81. The van der Waals surface area contributed by atoms with E-state index in [-0.39, 0.29) is 18.7 Å². The van der Waals surface area contributed by atoms with Crippen LogP contribution in [-0.2, 0) is 21.3 Å². The molecule has 5 nitrogen and oxygen atoms in total. The zero-order valence-corrected chi connectivity index (χ0v) is 12.6. The number of hydrogen-bond donors (Lipinski definition) is 2. The molecule has 1 aromatic rings. The van der Waals surface area contributed by atoms with Crippen LogP contribution in [0.1, 0.15) is 18.4 Å². The van der Waals surface area contributed by atoms with Crippen molar-refractivity contribution in [2.45, 2.75) is 36.4 Å². The number of hydrogen-bond acceptors (Lipinski definition) is 4. The topological polar surface area (TPSA) is 67.4 Å². The molecular formula is C13H18F2N2O3S. The molecule has 0 saturated heterocycles. The predicted octanol–water partition coefficient (Wildman–Crippen LogP) is 1.14. The molecule has 118 valence electrons. The van der Waals surface area contributed by atoms with E-state index in [1.54, 1.807) is 14.2 Å². The average Bonchev–Trinajstić information content (AvgIpc) is 2.37. The monoisotopic (exact) mass is 320 g/mol. The summed E-state index contributed by atoms with van der Waals surface area (Å²) >= 11 is 0. The normalized spacial score (nSPS) is 22.1. The second-order valence-corrected chi connectivity index (χ2v) is 6.75. The van der Waals surface area contributed by atoms with E-state index >= 15 is 0 Å². The molecule has 0 spiro atoms. The standard InChI is InChI=1S/C13H18F2N2O3S/c1-16-7-8-3-11(14)13(15)12(4-8)21(18,19)17-9-5-10(6-9)20-2/h3-4,9-10,16-17H,5-7H2,1-2H3. The first-order valence-corrected chi connectivity index (χ1v) is 8.03. The number of halogens is 2. The molecule has 21 heavy (non-hydrogen) atoms. The fourth-order valence-corrected chi connectivity index (χ4v) is 3.65. The minimum Gasteiger partial charge on any atom is -0.381 e. The van der Waals surface area contributed by atoms with Crippen LogP contribution in [0.15, 0.2) is 17.0 Å². The van der Waals surface area contributed by atoms with Crippen LogP contribution in [0.3, 0.4) is 0 Å². The second-order valence-electron chi connectivity index (χ2n) is 5.07. The van der Waals surface area contributed by atoms with Gasteiger partial charge in [0, 0.05) is 19.7 Å². The van der Waals surface area contributed by atoms with Crippen molar-refractivity contribution in [1.29, 1.82) is 0 Å². The molecule has 2 N–H and O–H groups in total. The highest BCUT2D eigenvalue weighted by molar-refractivity contribution is 7.89. The Morgan fingerprint density at radius 1 is 1.33 bits per heavy atom. The molecule has 2 rings (SSSR count). The van der Waals surface area contributed by atoms with Gasteiger partial charge >= 0.3 is 0 Å². The van der Waals surface area contributed by atoms with E-state index in [1.807, 2.05) is 0 Å². The first-order chi connectivity index (χ1) is 9.87.